The number of benzene rings is 2. The first-order valence-corrected chi connectivity index (χ1v) is 10.1. The van der Waals surface area contributed by atoms with Crippen molar-refractivity contribution in [3.8, 4) is 5.69 Å². The summed E-state index contributed by atoms with van der Waals surface area (Å²) in [7, 11) is 0. The van der Waals surface area contributed by atoms with E-state index in [-0.39, 0.29) is 5.63 Å². The normalized spacial score (nSPS) is 11.2. The van der Waals surface area contributed by atoms with Crippen LogP contribution in [-0.2, 0) is 12.2 Å². The number of tetrazole rings is 1. The Bertz CT molecular complexity index is 1220. The van der Waals surface area contributed by atoms with Gasteiger partial charge in [0.25, 0.3) is 0 Å². The highest BCUT2D eigenvalue weighted by molar-refractivity contribution is 7.98. The second-order valence-electron chi connectivity index (χ2n) is 6.38. The first kappa shape index (κ1) is 18.7. The molecule has 0 atom stereocenters. The van der Waals surface area contributed by atoms with E-state index >= 15 is 0 Å². The van der Waals surface area contributed by atoms with Crippen LogP contribution in [0.3, 0.4) is 0 Å². The number of aromatic nitrogens is 4. The molecule has 6 nitrogen and oxygen atoms in total. The topological polar surface area (TPSA) is 73.8 Å². The average molecular weight is 413 g/mol. The molecule has 0 aliphatic rings. The van der Waals surface area contributed by atoms with E-state index in [1.165, 1.54) is 17.8 Å². The predicted octanol–water partition coefficient (Wildman–Crippen LogP) is 4.59. The summed E-state index contributed by atoms with van der Waals surface area (Å²) < 4.78 is 7.06. The number of hydrogen-bond acceptors (Lipinski definition) is 6. The predicted molar refractivity (Wildman–Crippen MR) is 110 cm³/mol. The minimum atomic E-state index is -0.384. The van der Waals surface area contributed by atoms with E-state index in [0.29, 0.717) is 21.5 Å². The van der Waals surface area contributed by atoms with Gasteiger partial charge in [0.1, 0.15) is 5.58 Å². The third-order valence-corrected chi connectivity index (χ3v) is 5.74. The zero-order valence-corrected chi connectivity index (χ0v) is 16.9. The highest BCUT2D eigenvalue weighted by Gasteiger charge is 2.13. The van der Waals surface area contributed by atoms with Gasteiger partial charge in [-0.05, 0) is 64.7 Å². The molecule has 0 saturated heterocycles. The van der Waals surface area contributed by atoms with Crippen LogP contribution in [0.4, 0.5) is 0 Å². The third-order valence-electron chi connectivity index (χ3n) is 4.42. The van der Waals surface area contributed by atoms with Crippen molar-refractivity contribution in [2.75, 3.05) is 0 Å². The van der Waals surface area contributed by atoms with Crippen LogP contribution >= 0.6 is 23.4 Å². The van der Waals surface area contributed by atoms with E-state index in [2.05, 4.69) is 15.5 Å². The van der Waals surface area contributed by atoms with Crippen molar-refractivity contribution in [1.82, 2.24) is 20.2 Å². The fraction of sp³-hybridized carbons (Fsp3) is 0.200. The van der Waals surface area contributed by atoms with Gasteiger partial charge in [0, 0.05) is 22.2 Å². The first-order chi connectivity index (χ1) is 13.5. The van der Waals surface area contributed by atoms with Crippen LogP contribution in [0.2, 0.25) is 5.02 Å². The van der Waals surface area contributed by atoms with Crippen LogP contribution in [0.5, 0.6) is 0 Å². The highest BCUT2D eigenvalue weighted by atomic mass is 35.5. The van der Waals surface area contributed by atoms with Crippen molar-refractivity contribution in [2.24, 2.45) is 0 Å². The largest absolute Gasteiger partial charge is 0.423 e. The van der Waals surface area contributed by atoms with Crippen molar-refractivity contribution >= 4 is 34.3 Å². The highest BCUT2D eigenvalue weighted by Crippen LogP contribution is 2.30. The fourth-order valence-electron chi connectivity index (χ4n) is 3.01. The molecule has 0 aliphatic carbocycles. The molecule has 0 saturated carbocycles. The van der Waals surface area contributed by atoms with E-state index in [1.807, 2.05) is 50.2 Å². The Kier molecular flexibility index (Phi) is 5.19. The molecule has 28 heavy (non-hydrogen) atoms. The zero-order valence-electron chi connectivity index (χ0n) is 15.3. The number of rotatable bonds is 5. The SMILES string of the molecule is CCc1cc2oc(=O)cc(CSc3nnnn3-c3cccc(C)c3)c2cc1Cl. The van der Waals surface area contributed by atoms with E-state index < -0.39 is 0 Å². The van der Waals surface area contributed by atoms with Crippen molar-refractivity contribution in [1.29, 1.82) is 0 Å². The van der Waals surface area contributed by atoms with Gasteiger partial charge in [-0.15, -0.1) is 5.10 Å². The smallest absolute Gasteiger partial charge is 0.336 e. The van der Waals surface area contributed by atoms with Gasteiger partial charge in [0.05, 0.1) is 5.69 Å². The molecular weight excluding hydrogens is 396 g/mol. The number of hydrogen-bond donors (Lipinski definition) is 0. The minimum Gasteiger partial charge on any atom is -0.423 e. The molecule has 0 radical (unpaired) electrons. The van der Waals surface area contributed by atoms with Crippen LogP contribution in [0.15, 0.2) is 56.8 Å². The number of thioether (sulfide) groups is 1. The van der Waals surface area contributed by atoms with Crippen molar-refractivity contribution in [3.63, 3.8) is 0 Å². The summed E-state index contributed by atoms with van der Waals surface area (Å²) in [5.41, 5.74) is 3.95. The summed E-state index contributed by atoms with van der Waals surface area (Å²) in [6.07, 6.45) is 0.767. The molecule has 0 bridgehead atoms. The molecule has 0 amide bonds. The second-order valence-corrected chi connectivity index (χ2v) is 7.73. The lowest BCUT2D eigenvalue weighted by molar-refractivity contribution is 0.559. The summed E-state index contributed by atoms with van der Waals surface area (Å²) in [6, 6.07) is 13.1. The lowest BCUT2D eigenvalue weighted by atomic mass is 10.1. The monoisotopic (exact) mass is 412 g/mol. The zero-order chi connectivity index (χ0) is 19.7. The fourth-order valence-corrected chi connectivity index (χ4v) is 4.19. The number of halogens is 1. The molecule has 0 fully saturated rings. The number of aryl methyl sites for hydroxylation is 2. The van der Waals surface area contributed by atoms with Gasteiger partial charge < -0.3 is 4.42 Å². The average Bonchev–Trinajstić information content (AvgIpc) is 3.14. The van der Waals surface area contributed by atoms with Crippen LogP contribution < -0.4 is 5.63 Å². The summed E-state index contributed by atoms with van der Waals surface area (Å²) in [6.45, 7) is 4.03. The summed E-state index contributed by atoms with van der Waals surface area (Å²) in [5, 5.41) is 14.1. The summed E-state index contributed by atoms with van der Waals surface area (Å²) in [5.74, 6) is 0.510. The summed E-state index contributed by atoms with van der Waals surface area (Å²) >= 11 is 7.82. The molecule has 2 heterocycles. The molecular formula is C20H17ClN4O2S. The second kappa shape index (κ2) is 7.77. The van der Waals surface area contributed by atoms with E-state index in [0.717, 1.165) is 34.2 Å². The van der Waals surface area contributed by atoms with E-state index in [4.69, 9.17) is 16.0 Å². The van der Waals surface area contributed by atoms with Gasteiger partial charge in [0.2, 0.25) is 5.16 Å². The van der Waals surface area contributed by atoms with Crippen molar-refractivity contribution < 1.29 is 4.42 Å². The third kappa shape index (κ3) is 3.68. The lowest BCUT2D eigenvalue weighted by Crippen LogP contribution is -2.02. The van der Waals surface area contributed by atoms with Gasteiger partial charge in [-0.1, -0.05) is 42.4 Å². The molecule has 0 N–H and O–H groups in total. The Morgan fingerprint density at radius 1 is 1.18 bits per heavy atom. The maximum absolute atomic E-state index is 12.0. The van der Waals surface area contributed by atoms with Crippen LogP contribution in [0.1, 0.15) is 23.6 Å². The Hall–Kier alpha value is -2.64. The van der Waals surface area contributed by atoms with Gasteiger partial charge in [-0.3, -0.25) is 0 Å². The maximum atomic E-state index is 12.0. The van der Waals surface area contributed by atoms with Crippen LogP contribution in [-0.4, -0.2) is 20.2 Å². The molecule has 8 heteroatoms. The molecule has 0 spiro atoms. The van der Waals surface area contributed by atoms with Crippen molar-refractivity contribution in [2.45, 2.75) is 31.2 Å². The van der Waals surface area contributed by atoms with Crippen LogP contribution in [0.25, 0.3) is 16.7 Å². The standard InChI is InChI=1S/C20H17ClN4O2S/c1-3-13-8-18-16(10-17(13)21)14(9-19(26)27-18)11-28-20-22-23-24-25(20)15-6-4-5-12(2)7-15/h4-10H,3,11H2,1-2H3. The molecule has 0 unspecified atom stereocenters. The van der Waals surface area contributed by atoms with E-state index in [9.17, 15) is 4.79 Å². The number of fused-ring (bicyclic) bond motifs is 1. The van der Waals surface area contributed by atoms with E-state index in [1.54, 1.807) is 4.68 Å². The molecule has 2 aromatic heterocycles. The molecule has 4 rings (SSSR count). The molecule has 0 aliphatic heterocycles. The Labute approximate surface area is 170 Å². The molecule has 4 aromatic rings. The summed E-state index contributed by atoms with van der Waals surface area (Å²) in [4.78, 5) is 12.0. The molecule has 142 valence electrons. The maximum Gasteiger partial charge on any atom is 0.336 e. The Balaban J connectivity index is 1.68. The first-order valence-electron chi connectivity index (χ1n) is 8.78. The van der Waals surface area contributed by atoms with Gasteiger partial charge in [-0.2, -0.15) is 4.68 Å². The molecule has 2 aromatic carbocycles. The van der Waals surface area contributed by atoms with Crippen molar-refractivity contribution in [3.05, 3.63) is 74.6 Å². The van der Waals surface area contributed by atoms with Gasteiger partial charge in [0.15, 0.2) is 0 Å². The van der Waals surface area contributed by atoms with Crippen LogP contribution in [0, 0.1) is 6.92 Å². The number of nitrogens with zero attached hydrogens (tertiary/aromatic N) is 4. The minimum absolute atomic E-state index is 0.384. The Morgan fingerprint density at radius 3 is 2.82 bits per heavy atom. The van der Waals surface area contributed by atoms with Gasteiger partial charge in [-0.25, -0.2) is 4.79 Å². The Morgan fingerprint density at radius 2 is 2.04 bits per heavy atom. The lowest BCUT2D eigenvalue weighted by Gasteiger charge is -2.09. The quantitative estimate of drug-likeness (QED) is 0.352. The van der Waals surface area contributed by atoms with Gasteiger partial charge >= 0.3 is 5.63 Å².